The fourth-order valence-corrected chi connectivity index (χ4v) is 7.84. The Morgan fingerprint density at radius 3 is 0.586 bits per heavy atom. The highest BCUT2D eigenvalue weighted by Gasteiger charge is 2.20. The van der Waals surface area contributed by atoms with Crippen LogP contribution in [-0.4, -0.2) is 0 Å². The van der Waals surface area contributed by atoms with Gasteiger partial charge in [-0.3, -0.25) is 0 Å². The van der Waals surface area contributed by atoms with Gasteiger partial charge in [0, 0.05) is 57.1 Å². The SMILES string of the molecule is c1ccc(C(c2ccccc2)c2ccc(N(c3ccc(N(c4ccccc4)c4ccccc4)cc3)c3ccc(N(c4ccccc4)c4ccccc4)cc3)cc2)cc1. The average Bonchev–Trinajstić information content (AvgIpc) is 3.30. The van der Waals surface area contributed by atoms with Crippen LogP contribution in [0.15, 0.2) is 255 Å². The number of anilines is 9. The van der Waals surface area contributed by atoms with Crippen molar-refractivity contribution in [3.63, 3.8) is 0 Å². The van der Waals surface area contributed by atoms with E-state index in [1.165, 1.54) is 16.7 Å². The molecule has 0 atom stereocenters. The zero-order valence-corrected chi connectivity index (χ0v) is 32.2. The van der Waals surface area contributed by atoms with Gasteiger partial charge in [0.1, 0.15) is 0 Å². The molecule has 0 bridgehead atoms. The van der Waals surface area contributed by atoms with Gasteiger partial charge in [-0.05, 0) is 126 Å². The molecular formula is C55H43N3. The predicted octanol–water partition coefficient (Wildman–Crippen LogP) is 15.3. The highest BCUT2D eigenvalue weighted by atomic mass is 15.2. The van der Waals surface area contributed by atoms with Crippen molar-refractivity contribution in [3.8, 4) is 0 Å². The number of hydrogen-bond donors (Lipinski definition) is 0. The first kappa shape index (κ1) is 36.0. The van der Waals surface area contributed by atoms with Crippen LogP contribution in [0.3, 0.4) is 0 Å². The summed E-state index contributed by atoms with van der Waals surface area (Å²) < 4.78 is 0. The molecule has 9 aromatic rings. The van der Waals surface area contributed by atoms with E-state index in [4.69, 9.17) is 0 Å². The van der Waals surface area contributed by atoms with E-state index in [0.29, 0.717) is 0 Å². The Morgan fingerprint density at radius 1 is 0.172 bits per heavy atom. The summed E-state index contributed by atoms with van der Waals surface area (Å²) in [6.45, 7) is 0. The van der Waals surface area contributed by atoms with Crippen LogP contribution in [-0.2, 0) is 0 Å². The van der Waals surface area contributed by atoms with Crippen molar-refractivity contribution in [2.75, 3.05) is 14.7 Å². The topological polar surface area (TPSA) is 9.72 Å². The molecule has 0 saturated carbocycles. The van der Waals surface area contributed by atoms with Crippen molar-refractivity contribution in [2.24, 2.45) is 0 Å². The Kier molecular flexibility index (Phi) is 10.6. The lowest BCUT2D eigenvalue weighted by Crippen LogP contribution is -2.13. The van der Waals surface area contributed by atoms with Gasteiger partial charge in [0.15, 0.2) is 0 Å². The lowest BCUT2D eigenvalue weighted by molar-refractivity contribution is 0.977. The van der Waals surface area contributed by atoms with Crippen LogP contribution in [0.1, 0.15) is 22.6 Å². The van der Waals surface area contributed by atoms with E-state index in [2.05, 4.69) is 269 Å². The van der Waals surface area contributed by atoms with E-state index in [1.54, 1.807) is 0 Å². The predicted molar refractivity (Wildman–Crippen MR) is 244 cm³/mol. The van der Waals surface area contributed by atoms with Crippen molar-refractivity contribution < 1.29 is 0 Å². The lowest BCUT2D eigenvalue weighted by atomic mass is 9.85. The zero-order valence-electron chi connectivity index (χ0n) is 32.2. The number of para-hydroxylation sites is 4. The minimum Gasteiger partial charge on any atom is -0.311 e. The molecule has 3 heteroatoms. The Hall–Kier alpha value is -7.62. The average molecular weight is 746 g/mol. The molecular weight excluding hydrogens is 703 g/mol. The van der Waals surface area contributed by atoms with Crippen molar-refractivity contribution in [1.29, 1.82) is 0 Å². The van der Waals surface area contributed by atoms with Crippen LogP contribution in [0.4, 0.5) is 51.2 Å². The van der Waals surface area contributed by atoms with E-state index < -0.39 is 0 Å². The summed E-state index contributed by atoms with van der Waals surface area (Å²) in [5.41, 5.74) is 13.6. The van der Waals surface area contributed by atoms with Gasteiger partial charge in [0.2, 0.25) is 0 Å². The van der Waals surface area contributed by atoms with E-state index in [1.807, 2.05) is 0 Å². The van der Waals surface area contributed by atoms with Crippen LogP contribution in [0.5, 0.6) is 0 Å². The molecule has 0 heterocycles. The molecule has 0 amide bonds. The summed E-state index contributed by atoms with van der Waals surface area (Å²) in [6, 6.07) is 90.7. The molecule has 0 fully saturated rings. The first-order valence-corrected chi connectivity index (χ1v) is 19.8. The molecule has 9 rings (SSSR count). The number of hydrogen-bond acceptors (Lipinski definition) is 3. The van der Waals surface area contributed by atoms with Crippen molar-refractivity contribution >= 4 is 51.2 Å². The molecule has 0 N–H and O–H groups in total. The third kappa shape index (κ3) is 7.75. The Bertz CT molecular complexity index is 2200. The van der Waals surface area contributed by atoms with Gasteiger partial charge in [0.25, 0.3) is 0 Å². The van der Waals surface area contributed by atoms with Gasteiger partial charge < -0.3 is 14.7 Å². The summed E-state index contributed by atoms with van der Waals surface area (Å²) >= 11 is 0. The van der Waals surface area contributed by atoms with Crippen molar-refractivity contribution in [2.45, 2.75) is 5.92 Å². The largest absolute Gasteiger partial charge is 0.311 e. The third-order valence-electron chi connectivity index (χ3n) is 10.5. The lowest BCUT2D eigenvalue weighted by Gasteiger charge is -2.30. The fraction of sp³-hybridized carbons (Fsp3) is 0.0182. The van der Waals surface area contributed by atoms with E-state index >= 15 is 0 Å². The molecule has 0 unspecified atom stereocenters. The minimum atomic E-state index is 0.118. The summed E-state index contributed by atoms with van der Waals surface area (Å²) in [4.78, 5) is 6.95. The molecule has 0 radical (unpaired) electrons. The van der Waals surface area contributed by atoms with E-state index in [-0.39, 0.29) is 5.92 Å². The molecule has 0 aliphatic rings. The monoisotopic (exact) mass is 745 g/mol. The maximum absolute atomic E-state index is 2.35. The quantitative estimate of drug-likeness (QED) is 0.115. The molecule has 9 aromatic carbocycles. The van der Waals surface area contributed by atoms with Crippen LogP contribution in [0.25, 0.3) is 0 Å². The summed E-state index contributed by atoms with van der Waals surface area (Å²) in [6.07, 6.45) is 0. The van der Waals surface area contributed by atoms with E-state index in [9.17, 15) is 0 Å². The Labute approximate surface area is 342 Å². The van der Waals surface area contributed by atoms with Crippen molar-refractivity contribution in [3.05, 3.63) is 271 Å². The molecule has 58 heavy (non-hydrogen) atoms. The molecule has 0 spiro atoms. The normalized spacial score (nSPS) is 10.9. The number of benzene rings is 9. The zero-order chi connectivity index (χ0) is 38.9. The third-order valence-corrected chi connectivity index (χ3v) is 10.5. The van der Waals surface area contributed by atoms with Gasteiger partial charge in [-0.2, -0.15) is 0 Å². The number of nitrogens with zero attached hydrogens (tertiary/aromatic N) is 3. The maximum atomic E-state index is 2.35. The first-order chi connectivity index (χ1) is 28.8. The standard InChI is InChI=1S/C55H43N3/c1-7-19-43(20-8-1)55(44-21-9-2-10-22-44)45-31-33-50(34-32-45)58(53-39-35-51(36-40-53)56(46-23-11-3-12-24-46)47-25-13-4-14-26-47)54-41-37-52(38-42-54)57(48-27-15-5-16-28-48)49-29-17-6-18-30-49/h1-42,55H. The van der Waals surface area contributed by atoms with E-state index in [0.717, 1.165) is 51.2 Å². The van der Waals surface area contributed by atoms with Gasteiger partial charge in [-0.1, -0.05) is 146 Å². The smallest absolute Gasteiger partial charge is 0.0463 e. The summed E-state index contributed by atoms with van der Waals surface area (Å²) in [5, 5.41) is 0. The summed E-state index contributed by atoms with van der Waals surface area (Å²) in [7, 11) is 0. The first-order valence-electron chi connectivity index (χ1n) is 19.8. The highest BCUT2D eigenvalue weighted by molar-refractivity contribution is 5.83. The van der Waals surface area contributed by atoms with Crippen LogP contribution < -0.4 is 14.7 Å². The molecule has 3 nitrogen and oxygen atoms in total. The van der Waals surface area contributed by atoms with Crippen LogP contribution in [0.2, 0.25) is 0 Å². The van der Waals surface area contributed by atoms with Crippen LogP contribution >= 0.6 is 0 Å². The van der Waals surface area contributed by atoms with Crippen molar-refractivity contribution in [1.82, 2.24) is 0 Å². The van der Waals surface area contributed by atoms with Gasteiger partial charge in [-0.15, -0.1) is 0 Å². The van der Waals surface area contributed by atoms with Crippen LogP contribution in [0, 0.1) is 0 Å². The molecule has 0 aromatic heterocycles. The van der Waals surface area contributed by atoms with Gasteiger partial charge >= 0.3 is 0 Å². The molecule has 278 valence electrons. The second-order valence-electron chi connectivity index (χ2n) is 14.2. The highest BCUT2D eigenvalue weighted by Crippen LogP contribution is 2.42. The Balaban J connectivity index is 1.13. The van der Waals surface area contributed by atoms with Gasteiger partial charge in [-0.25, -0.2) is 0 Å². The molecule has 0 saturated heterocycles. The second-order valence-corrected chi connectivity index (χ2v) is 14.2. The molecule has 0 aliphatic heterocycles. The molecule has 0 aliphatic carbocycles. The summed E-state index contributed by atoms with van der Waals surface area (Å²) in [5.74, 6) is 0.118. The fourth-order valence-electron chi connectivity index (χ4n) is 7.84. The Morgan fingerprint density at radius 2 is 0.345 bits per heavy atom. The second kappa shape index (κ2) is 17.0. The number of rotatable bonds is 12. The minimum absolute atomic E-state index is 0.118. The maximum Gasteiger partial charge on any atom is 0.0463 e. The van der Waals surface area contributed by atoms with Gasteiger partial charge in [0.05, 0.1) is 0 Å².